The van der Waals surface area contributed by atoms with Crippen molar-refractivity contribution in [3.05, 3.63) is 48.5 Å². The van der Waals surface area contributed by atoms with Crippen LogP contribution in [-0.2, 0) is 0 Å². The molecule has 2 aromatic rings. The van der Waals surface area contributed by atoms with Gasteiger partial charge in [0, 0.05) is 11.3 Å². The van der Waals surface area contributed by atoms with E-state index in [0.29, 0.717) is 0 Å². The van der Waals surface area contributed by atoms with Gasteiger partial charge in [0.05, 0.1) is 0 Å². The molecule has 0 saturated carbocycles. The molecule has 0 radical (unpaired) electrons. The molecular weight excluding hydrogens is 174 g/mol. The number of hydrogen-bond acceptors (Lipinski definition) is 2. The quantitative estimate of drug-likeness (QED) is 0.671. The molecule has 2 nitrogen and oxygen atoms in total. The number of phenolic OH excluding ortho intramolecular Hbond substituents is 1. The molecule has 2 rings (SSSR count). The van der Waals surface area contributed by atoms with Crippen molar-refractivity contribution in [3.8, 4) is 16.9 Å². The van der Waals surface area contributed by atoms with Gasteiger partial charge in [-0.2, -0.15) is 0 Å². The lowest BCUT2D eigenvalue weighted by molar-refractivity contribution is 0.477. The Kier molecular flexibility index (Phi) is 2.11. The highest BCUT2D eigenvalue weighted by atomic mass is 16.3. The molecule has 0 amide bonds. The molecule has 2 aromatic carbocycles. The van der Waals surface area contributed by atoms with Gasteiger partial charge in [0.25, 0.3) is 0 Å². The van der Waals surface area contributed by atoms with Gasteiger partial charge in [0.2, 0.25) is 0 Å². The summed E-state index contributed by atoms with van der Waals surface area (Å²) >= 11 is 0. The summed E-state index contributed by atoms with van der Waals surface area (Å²) in [6.07, 6.45) is 0. The third-order valence-electron chi connectivity index (χ3n) is 2.13. The Morgan fingerprint density at radius 2 is 1.50 bits per heavy atom. The number of phenols is 1. The average Bonchev–Trinajstić information content (AvgIpc) is 2.20. The van der Waals surface area contributed by atoms with Crippen LogP contribution in [0.15, 0.2) is 48.5 Å². The van der Waals surface area contributed by atoms with E-state index in [0.717, 1.165) is 16.8 Å². The minimum atomic E-state index is 0.289. The maximum Gasteiger partial charge on any atom is 0.123 e. The number of para-hydroxylation sites is 1. The normalized spacial score (nSPS) is 10.0. The van der Waals surface area contributed by atoms with Gasteiger partial charge in [0.15, 0.2) is 0 Å². The zero-order valence-electron chi connectivity index (χ0n) is 7.64. The van der Waals surface area contributed by atoms with Crippen LogP contribution in [-0.4, -0.2) is 5.11 Å². The Labute approximate surface area is 82.6 Å². The number of hydrogen-bond donors (Lipinski definition) is 2. The molecule has 2 heteroatoms. The van der Waals surface area contributed by atoms with Crippen LogP contribution in [0.1, 0.15) is 0 Å². The first kappa shape index (κ1) is 8.63. The van der Waals surface area contributed by atoms with Crippen molar-refractivity contribution < 1.29 is 5.11 Å². The molecule has 3 N–H and O–H groups in total. The third kappa shape index (κ3) is 1.55. The summed E-state index contributed by atoms with van der Waals surface area (Å²) in [5, 5.41) is 9.60. The summed E-state index contributed by atoms with van der Waals surface area (Å²) in [7, 11) is 0. The zero-order chi connectivity index (χ0) is 9.97. The zero-order valence-corrected chi connectivity index (χ0v) is 7.64. The topological polar surface area (TPSA) is 46.2 Å². The van der Waals surface area contributed by atoms with Crippen molar-refractivity contribution in [2.75, 3.05) is 5.73 Å². The van der Waals surface area contributed by atoms with Crippen LogP contribution in [0.25, 0.3) is 11.1 Å². The lowest BCUT2D eigenvalue weighted by Crippen LogP contribution is -1.84. The van der Waals surface area contributed by atoms with Crippen LogP contribution in [0.5, 0.6) is 5.75 Å². The molecule has 70 valence electrons. The van der Waals surface area contributed by atoms with E-state index < -0.39 is 0 Å². The SMILES string of the molecule is Nc1ccc(-c2ccccc2O)cc1. The van der Waals surface area contributed by atoms with E-state index >= 15 is 0 Å². The van der Waals surface area contributed by atoms with E-state index in [2.05, 4.69) is 0 Å². The number of aromatic hydroxyl groups is 1. The highest BCUT2D eigenvalue weighted by Gasteiger charge is 2.01. The Balaban J connectivity index is 2.50. The fourth-order valence-electron chi connectivity index (χ4n) is 1.38. The van der Waals surface area contributed by atoms with Crippen molar-refractivity contribution >= 4 is 5.69 Å². The number of nitrogens with two attached hydrogens (primary N) is 1. The molecule has 0 heterocycles. The first-order valence-electron chi connectivity index (χ1n) is 4.41. The lowest BCUT2D eigenvalue weighted by Gasteiger charge is -2.04. The van der Waals surface area contributed by atoms with Crippen molar-refractivity contribution in [1.29, 1.82) is 0 Å². The van der Waals surface area contributed by atoms with Crippen molar-refractivity contribution in [1.82, 2.24) is 0 Å². The van der Waals surface area contributed by atoms with E-state index in [1.165, 1.54) is 0 Å². The summed E-state index contributed by atoms with van der Waals surface area (Å²) in [5.41, 5.74) is 8.10. The first-order chi connectivity index (χ1) is 6.77. The maximum absolute atomic E-state index is 9.60. The van der Waals surface area contributed by atoms with Crippen LogP contribution in [0.3, 0.4) is 0 Å². The Morgan fingerprint density at radius 3 is 2.14 bits per heavy atom. The highest BCUT2D eigenvalue weighted by molar-refractivity contribution is 5.71. The fraction of sp³-hybridized carbons (Fsp3) is 0. The van der Waals surface area contributed by atoms with Crippen LogP contribution in [0, 0.1) is 0 Å². The average molecular weight is 185 g/mol. The van der Waals surface area contributed by atoms with Crippen LogP contribution in [0.4, 0.5) is 5.69 Å². The van der Waals surface area contributed by atoms with E-state index in [-0.39, 0.29) is 5.75 Å². The van der Waals surface area contributed by atoms with Gasteiger partial charge >= 0.3 is 0 Å². The van der Waals surface area contributed by atoms with Gasteiger partial charge in [-0.05, 0) is 23.8 Å². The lowest BCUT2D eigenvalue weighted by atomic mass is 10.0. The summed E-state index contributed by atoms with van der Waals surface area (Å²) in [6, 6.07) is 14.7. The Hall–Kier alpha value is -1.96. The second-order valence-electron chi connectivity index (χ2n) is 3.14. The second kappa shape index (κ2) is 3.42. The minimum Gasteiger partial charge on any atom is -0.507 e. The molecule has 0 aliphatic carbocycles. The van der Waals surface area contributed by atoms with Gasteiger partial charge < -0.3 is 10.8 Å². The number of nitrogen functional groups attached to an aromatic ring is 1. The number of benzene rings is 2. The molecule has 0 spiro atoms. The standard InChI is InChI=1S/C12H11NO/c13-10-7-5-9(6-8-10)11-3-1-2-4-12(11)14/h1-8,14H,13H2. The summed E-state index contributed by atoms with van der Waals surface area (Å²) in [4.78, 5) is 0. The van der Waals surface area contributed by atoms with E-state index in [1.807, 2.05) is 36.4 Å². The van der Waals surface area contributed by atoms with E-state index in [4.69, 9.17) is 5.73 Å². The van der Waals surface area contributed by atoms with E-state index in [1.54, 1.807) is 12.1 Å². The molecule has 0 atom stereocenters. The third-order valence-corrected chi connectivity index (χ3v) is 2.13. The van der Waals surface area contributed by atoms with Crippen molar-refractivity contribution in [3.63, 3.8) is 0 Å². The largest absolute Gasteiger partial charge is 0.507 e. The summed E-state index contributed by atoms with van der Waals surface area (Å²) in [6.45, 7) is 0. The molecule has 0 fully saturated rings. The van der Waals surface area contributed by atoms with Gasteiger partial charge in [-0.1, -0.05) is 30.3 Å². The van der Waals surface area contributed by atoms with Crippen LogP contribution >= 0.6 is 0 Å². The smallest absolute Gasteiger partial charge is 0.123 e. The maximum atomic E-state index is 9.60. The number of anilines is 1. The molecule has 0 unspecified atom stereocenters. The van der Waals surface area contributed by atoms with Gasteiger partial charge in [-0.3, -0.25) is 0 Å². The molecular formula is C12H11NO. The van der Waals surface area contributed by atoms with Gasteiger partial charge in [0.1, 0.15) is 5.75 Å². The highest BCUT2D eigenvalue weighted by Crippen LogP contribution is 2.28. The summed E-state index contributed by atoms with van der Waals surface area (Å²) in [5.74, 6) is 0.289. The predicted molar refractivity (Wildman–Crippen MR) is 58.0 cm³/mol. The molecule has 0 saturated heterocycles. The first-order valence-corrected chi connectivity index (χ1v) is 4.41. The Morgan fingerprint density at radius 1 is 0.857 bits per heavy atom. The van der Waals surface area contributed by atoms with Crippen LogP contribution < -0.4 is 5.73 Å². The van der Waals surface area contributed by atoms with Crippen molar-refractivity contribution in [2.45, 2.75) is 0 Å². The Bertz CT molecular complexity index is 434. The molecule has 0 aromatic heterocycles. The van der Waals surface area contributed by atoms with Gasteiger partial charge in [-0.25, -0.2) is 0 Å². The molecule has 0 aliphatic heterocycles. The fourth-order valence-corrected chi connectivity index (χ4v) is 1.38. The summed E-state index contributed by atoms with van der Waals surface area (Å²) < 4.78 is 0. The number of rotatable bonds is 1. The second-order valence-corrected chi connectivity index (χ2v) is 3.14. The van der Waals surface area contributed by atoms with E-state index in [9.17, 15) is 5.11 Å². The monoisotopic (exact) mass is 185 g/mol. The van der Waals surface area contributed by atoms with Crippen molar-refractivity contribution in [2.24, 2.45) is 0 Å². The molecule has 0 bridgehead atoms. The predicted octanol–water partition coefficient (Wildman–Crippen LogP) is 2.64. The van der Waals surface area contributed by atoms with Gasteiger partial charge in [-0.15, -0.1) is 0 Å². The molecule has 0 aliphatic rings. The van der Waals surface area contributed by atoms with Crippen LogP contribution in [0.2, 0.25) is 0 Å². The molecule has 14 heavy (non-hydrogen) atoms. The minimum absolute atomic E-state index is 0.289.